The zero-order valence-electron chi connectivity index (χ0n) is 15.9. The van der Waals surface area contributed by atoms with Crippen LogP contribution in [-0.4, -0.2) is 14.5 Å². The maximum absolute atomic E-state index is 13.7. The van der Waals surface area contributed by atoms with Gasteiger partial charge in [0.05, 0.1) is 22.3 Å². The molecule has 6 heteroatoms. The number of aryl methyl sites for hydroxylation is 1. The Labute approximate surface area is 176 Å². The van der Waals surface area contributed by atoms with Gasteiger partial charge in [-0.05, 0) is 49.4 Å². The molecule has 0 atom stereocenters. The zero-order valence-corrected chi connectivity index (χ0v) is 16.7. The van der Waals surface area contributed by atoms with Gasteiger partial charge in [0.1, 0.15) is 17.2 Å². The van der Waals surface area contributed by atoms with Gasteiger partial charge in [0.2, 0.25) is 0 Å². The maximum atomic E-state index is 13.7. The van der Waals surface area contributed by atoms with Crippen LogP contribution in [-0.2, 0) is 0 Å². The van der Waals surface area contributed by atoms with Crippen LogP contribution in [0.5, 0.6) is 0 Å². The third-order valence-electron chi connectivity index (χ3n) is 5.08. The molecule has 146 valence electrons. The Morgan fingerprint density at radius 3 is 2.33 bits per heavy atom. The third-order valence-corrected chi connectivity index (χ3v) is 5.34. The molecule has 0 saturated carbocycles. The van der Waals surface area contributed by atoms with Gasteiger partial charge in [-0.25, -0.2) is 14.4 Å². The molecule has 30 heavy (non-hydrogen) atoms. The van der Waals surface area contributed by atoms with E-state index >= 15 is 0 Å². The number of halogens is 2. The Bertz CT molecular complexity index is 1480. The molecule has 2 heterocycles. The normalized spacial score (nSPS) is 11.3. The summed E-state index contributed by atoms with van der Waals surface area (Å²) in [6, 6.07) is 20.6. The Morgan fingerprint density at radius 2 is 1.60 bits per heavy atom. The molecule has 0 aliphatic carbocycles. The Kier molecular flexibility index (Phi) is 4.33. The molecule has 0 spiro atoms. The number of pyridine rings is 1. The monoisotopic (exact) mass is 415 g/mol. The second-order valence-corrected chi connectivity index (χ2v) is 7.42. The van der Waals surface area contributed by atoms with Crippen LogP contribution in [0.3, 0.4) is 0 Å². The Hall–Kier alpha value is -3.57. The fraction of sp³-hybridized carbons (Fsp3) is 0.0417. The fourth-order valence-corrected chi connectivity index (χ4v) is 3.83. The molecule has 0 aliphatic heterocycles. The van der Waals surface area contributed by atoms with Gasteiger partial charge in [0.15, 0.2) is 0 Å². The summed E-state index contributed by atoms with van der Waals surface area (Å²) < 4.78 is 14.9. The van der Waals surface area contributed by atoms with Crippen LogP contribution in [0.25, 0.3) is 38.8 Å². The highest BCUT2D eigenvalue weighted by molar-refractivity contribution is 6.30. The first-order chi connectivity index (χ1) is 14.5. The number of para-hydroxylation sites is 1. The van der Waals surface area contributed by atoms with Crippen molar-refractivity contribution in [2.24, 2.45) is 0 Å². The molecule has 0 amide bonds. The maximum Gasteiger partial charge on any atom is 0.266 e. The molecular weight excluding hydrogens is 401 g/mol. The molecule has 5 aromatic rings. The van der Waals surface area contributed by atoms with Crippen molar-refractivity contribution in [3.8, 4) is 16.9 Å². The van der Waals surface area contributed by atoms with Gasteiger partial charge in [-0.2, -0.15) is 0 Å². The van der Waals surface area contributed by atoms with Gasteiger partial charge in [-0.15, -0.1) is 0 Å². The predicted octanol–water partition coefficient (Wildman–Crippen LogP) is 5.70. The van der Waals surface area contributed by atoms with Crippen LogP contribution in [0.15, 0.2) is 77.6 Å². The minimum Gasteiger partial charge on any atom is -0.268 e. The molecule has 5 rings (SSSR count). The molecule has 2 aromatic heterocycles. The molecule has 0 unspecified atom stereocenters. The highest BCUT2D eigenvalue weighted by Crippen LogP contribution is 2.30. The highest BCUT2D eigenvalue weighted by Gasteiger charge is 2.18. The first kappa shape index (κ1) is 18.5. The van der Waals surface area contributed by atoms with Gasteiger partial charge >= 0.3 is 0 Å². The summed E-state index contributed by atoms with van der Waals surface area (Å²) in [5, 5.41) is 1.81. The lowest BCUT2D eigenvalue weighted by Crippen LogP contribution is -2.23. The predicted molar refractivity (Wildman–Crippen MR) is 118 cm³/mol. The van der Waals surface area contributed by atoms with E-state index in [-0.39, 0.29) is 11.4 Å². The summed E-state index contributed by atoms with van der Waals surface area (Å²) in [6.45, 7) is 1.75. The lowest BCUT2D eigenvalue weighted by molar-refractivity contribution is 0.627. The van der Waals surface area contributed by atoms with E-state index in [1.54, 1.807) is 31.2 Å². The number of nitrogens with zero attached hydrogens (tertiary/aromatic N) is 3. The fourth-order valence-electron chi connectivity index (χ4n) is 3.70. The Balaban J connectivity index is 1.93. The number of benzene rings is 3. The quantitative estimate of drug-likeness (QED) is 0.347. The molecule has 3 aromatic carbocycles. The Morgan fingerprint density at radius 1 is 0.900 bits per heavy atom. The van der Waals surface area contributed by atoms with Crippen molar-refractivity contribution in [1.82, 2.24) is 14.5 Å². The van der Waals surface area contributed by atoms with E-state index in [9.17, 15) is 9.18 Å². The van der Waals surface area contributed by atoms with Crippen LogP contribution in [0, 0.1) is 12.7 Å². The van der Waals surface area contributed by atoms with Crippen molar-refractivity contribution < 1.29 is 4.39 Å². The second-order valence-electron chi connectivity index (χ2n) is 6.98. The summed E-state index contributed by atoms with van der Waals surface area (Å²) in [5.41, 5.74) is 2.99. The lowest BCUT2D eigenvalue weighted by Gasteiger charge is -2.14. The van der Waals surface area contributed by atoms with Gasteiger partial charge in [0, 0.05) is 16.0 Å². The molecule has 0 bridgehead atoms. The summed E-state index contributed by atoms with van der Waals surface area (Å²) in [6.07, 6.45) is 0. The van der Waals surface area contributed by atoms with Crippen LogP contribution < -0.4 is 5.56 Å². The van der Waals surface area contributed by atoms with Gasteiger partial charge < -0.3 is 0 Å². The lowest BCUT2D eigenvalue weighted by atomic mass is 10.0. The van der Waals surface area contributed by atoms with E-state index < -0.39 is 0 Å². The minimum absolute atomic E-state index is 0.224. The molecular formula is C24H15ClFN3O. The highest BCUT2D eigenvalue weighted by atomic mass is 35.5. The smallest absolute Gasteiger partial charge is 0.266 e. The molecule has 0 aliphatic rings. The van der Waals surface area contributed by atoms with Crippen LogP contribution in [0.4, 0.5) is 4.39 Å². The van der Waals surface area contributed by atoms with E-state index in [0.29, 0.717) is 38.6 Å². The second kappa shape index (κ2) is 7.04. The summed E-state index contributed by atoms with van der Waals surface area (Å²) in [4.78, 5) is 23.2. The number of rotatable bonds is 2. The zero-order chi connectivity index (χ0) is 20.8. The van der Waals surface area contributed by atoms with Crippen molar-refractivity contribution in [2.75, 3.05) is 0 Å². The molecule has 0 radical (unpaired) electrons. The van der Waals surface area contributed by atoms with Crippen LogP contribution >= 0.6 is 11.6 Å². The van der Waals surface area contributed by atoms with E-state index in [1.807, 2.05) is 36.4 Å². The van der Waals surface area contributed by atoms with Crippen molar-refractivity contribution in [3.63, 3.8) is 0 Å². The number of hydrogen-bond donors (Lipinski definition) is 0. The van der Waals surface area contributed by atoms with Crippen molar-refractivity contribution in [2.45, 2.75) is 6.92 Å². The standard InChI is InChI=1S/C24H15ClFN3O/c1-14-27-23-21(24(30)29(14)18-12-10-17(26)11-13-18)19-4-2-3-5-20(19)28-22(23)15-6-8-16(25)9-7-15/h2-13H,1H3. The van der Waals surface area contributed by atoms with Gasteiger partial charge in [0.25, 0.3) is 5.56 Å². The molecule has 0 fully saturated rings. The molecule has 0 N–H and O–H groups in total. The average molecular weight is 416 g/mol. The van der Waals surface area contributed by atoms with E-state index in [2.05, 4.69) is 0 Å². The summed E-state index contributed by atoms with van der Waals surface area (Å²) in [7, 11) is 0. The number of aromatic nitrogens is 3. The van der Waals surface area contributed by atoms with Gasteiger partial charge in [-0.3, -0.25) is 9.36 Å². The average Bonchev–Trinajstić information content (AvgIpc) is 2.75. The van der Waals surface area contributed by atoms with Crippen molar-refractivity contribution in [1.29, 1.82) is 0 Å². The number of fused-ring (bicyclic) bond motifs is 3. The van der Waals surface area contributed by atoms with E-state index in [1.165, 1.54) is 16.7 Å². The topological polar surface area (TPSA) is 47.8 Å². The minimum atomic E-state index is -0.363. The largest absolute Gasteiger partial charge is 0.268 e. The van der Waals surface area contributed by atoms with E-state index in [0.717, 1.165) is 10.9 Å². The number of hydrogen-bond acceptors (Lipinski definition) is 3. The van der Waals surface area contributed by atoms with Gasteiger partial charge in [-0.1, -0.05) is 41.9 Å². The molecule has 4 nitrogen and oxygen atoms in total. The molecule has 0 saturated heterocycles. The van der Waals surface area contributed by atoms with Crippen molar-refractivity contribution >= 4 is 33.4 Å². The first-order valence-corrected chi connectivity index (χ1v) is 9.75. The van der Waals surface area contributed by atoms with Crippen LogP contribution in [0.2, 0.25) is 5.02 Å². The first-order valence-electron chi connectivity index (χ1n) is 9.37. The van der Waals surface area contributed by atoms with Crippen molar-refractivity contribution in [3.05, 3.63) is 99.8 Å². The summed E-state index contributed by atoms with van der Waals surface area (Å²) >= 11 is 6.05. The van der Waals surface area contributed by atoms with Crippen LogP contribution in [0.1, 0.15) is 5.82 Å². The SMILES string of the molecule is Cc1nc2c(-c3ccc(Cl)cc3)nc3ccccc3c2c(=O)n1-c1ccc(F)cc1. The third kappa shape index (κ3) is 2.95. The van der Waals surface area contributed by atoms with E-state index in [4.69, 9.17) is 21.6 Å². The summed E-state index contributed by atoms with van der Waals surface area (Å²) in [5.74, 6) is 0.129.